The molecule has 2 aromatic carbocycles. The van der Waals surface area contributed by atoms with Crippen LogP contribution in [0.3, 0.4) is 0 Å². The second-order valence-corrected chi connectivity index (χ2v) is 7.40. The molecule has 3 rings (SSSR count). The summed E-state index contributed by atoms with van der Waals surface area (Å²) in [6.45, 7) is 0.804. The molecular weight excluding hydrogens is 354 g/mol. The van der Waals surface area contributed by atoms with Crippen LogP contribution in [0.25, 0.3) is 0 Å². The van der Waals surface area contributed by atoms with Gasteiger partial charge < -0.3 is 9.64 Å². The minimum absolute atomic E-state index is 0.104. The molecule has 0 aliphatic carbocycles. The number of hydrogen-bond acceptors (Lipinski definition) is 4. The topological polar surface area (TPSA) is 102 Å². The highest BCUT2D eigenvalue weighted by Crippen LogP contribution is 2.38. The molecule has 0 atom stereocenters. The van der Waals surface area contributed by atoms with Gasteiger partial charge in [-0.1, -0.05) is 30.7 Å². The summed E-state index contributed by atoms with van der Waals surface area (Å²) in [5.41, 5.74) is 1.26. The quantitative estimate of drug-likeness (QED) is 0.726. The van der Waals surface area contributed by atoms with Gasteiger partial charge in [0.1, 0.15) is 5.75 Å². The van der Waals surface area contributed by atoms with Gasteiger partial charge in [0.15, 0.2) is 5.75 Å². The van der Waals surface area contributed by atoms with Crippen molar-refractivity contribution in [2.24, 2.45) is 5.14 Å². The first kappa shape index (κ1) is 18.4. The highest BCUT2D eigenvalue weighted by Gasteiger charge is 2.27. The maximum atomic E-state index is 13.0. The fourth-order valence-corrected chi connectivity index (χ4v) is 3.31. The van der Waals surface area contributed by atoms with Crippen LogP contribution in [0.5, 0.6) is 11.5 Å². The van der Waals surface area contributed by atoms with Gasteiger partial charge in [-0.2, -0.15) is 8.42 Å². The van der Waals surface area contributed by atoms with Crippen molar-refractivity contribution in [2.75, 3.05) is 18.0 Å². The molecule has 0 bridgehead atoms. The molecule has 0 saturated heterocycles. The number of carbonyl (C=O) groups excluding carboxylic acids is 1. The van der Waals surface area contributed by atoms with Gasteiger partial charge in [0.25, 0.3) is 16.1 Å². The first-order valence-electron chi connectivity index (χ1n) is 8.41. The number of ether oxygens (including phenoxy) is 1. The van der Waals surface area contributed by atoms with E-state index in [-0.39, 0.29) is 12.5 Å². The Bertz CT molecular complexity index is 899. The Labute approximate surface area is 152 Å². The zero-order chi connectivity index (χ0) is 18.6. The average molecular weight is 375 g/mol. The highest BCUT2D eigenvalue weighted by molar-refractivity contribution is 7.87. The van der Waals surface area contributed by atoms with Crippen molar-refractivity contribution in [3.05, 3.63) is 54.1 Å². The van der Waals surface area contributed by atoms with E-state index in [1.807, 2.05) is 36.4 Å². The van der Waals surface area contributed by atoms with E-state index < -0.39 is 10.2 Å². The molecule has 0 unspecified atom stereocenters. The van der Waals surface area contributed by atoms with E-state index in [1.165, 1.54) is 0 Å². The van der Waals surface area contributed by atoms with E-state index in [2.05, 4.69) is 4.72 Å². The fourth-order valence-electron chi connectivity index (χ4n) is 2.88. The van der Waals surface area contributed by atoms with E-state index in [4.69, 9.17) is 9.88 Å². The molecule has 1 amide bonds. The monoisotopic (exact) mass is 375 g/mol. The van der Waals surface area contributed by atoms with Gasteiger partial charge in [-0.15, -0.1) is 0 Å². The minimum Gasteiger partial charge on any atom is -0.454 e. The van der Waals surface area contributed by atoms with Crippen molar-refractivity contribution in [3.8, 4) is 11.5 Å². The Kier molecular flexibility index (Phi) is 5.55. The fraction of sp³-hybridized carbons (Fsp3) is 0.278. The van der Waals surface area contributed by atoms with Gasteiger partial charge in [-0.05, 0) is 37.1 Å². The first-order chi connectivity index (χ1) is 12.5. The molecule has 138 valence electrons. The van der Waals surface area contributed by atoms with E-state index in [0.717, 1.165) is 18.5 Å². The third kappa shape index (κ3) is 4.40. The molecule has 2 aromatic rings. The van der Waals surface area contributed by atoms with E-state index in [0.29, 0.717) is 30.0 Å². The zero-order valence-corrected chi connectivity index (χ0v) is 15.0. The highest BCUT2D eigenvalue weighted by atomic mass is 32.2. The Morgan fingerprint density at radius 1 is 0.962 bits per heavy atom. The van der Waals surface area contributed by atoms with Crippen molar-refractivity contribution in [2.45, 2.75) is 19.3 Å². The van der Waals surface area contributed by atoms with Crippen LogP contribution in [0.1, 0.15) is 29.6 Å². The lowest BCUT2D eigenvalue weighted by atomic mass is 10.1. The number of fused-ring (bicyclic) bond motifs is 2. The standard InChI is InChI=1S/C18H21N3O4S/c19-26(23,24)20-12-6-1-7-13-21-15-9-3-5-11-17(15)25-16-10-4-2-8-14(16)18(21)22/h2-5,8-11,20H,1,6-7,12-13H2,(H2,19,23,24). The van der Waals surface area contributed by atoms with Gasteiger partial charge in [0.05, 0.1) is 11.3 Å². The number of hydrogen-bond donors (Lipinski definition) is 2. The summed E-state index contributed by atoms with van der Waals surface area (Å²) in [5.74, 6) is 1.08. The normalized spacial score (nSPS) is 13.6. The molecule has 0 radical (unpaired) electrons. The van der Waals surface area contributed by atoms with Gasteiger partial charge in [0.2, 0.25) is 0 Å². The van der Waals surface area contributed by atoms with Gasteiger partial charge >= 0.3 is 0 Å². The number of unbranched alkanes of at least 4 members (excludes halogenated alkanes) is 2. The SMILES string of the molecule is NS(=O)(=O)NCCCCCN1C(=O)c2ccccc2Oc2ccccc21. The van der Waals surface area contributed by atoms with Crippen molar-refractivity contribution >= 4 is 21.8 Å². The number of para-hydroxylation sites is 3. The predicted octanol–water partition coefficient (Wildman–Crippen LogP) is 2.40. The maximum Gasteiger partial charge on any atom is 0.274 e. The lowest BCUT2D eigenvalue weighted by Gasteiger charge is -2.22. The molecule has 26 heavy (non-hydrogen) atoms. The van der Waals surface area contributed by atoms with E-state index in [1.54, 1.807) is 17.0 Å². The van der Waals surface area contributed by atoms with Crippen molar-refractivity contribution < 1.29 is 17.9 Å². The molecule has 0 fully saturated rings. The number of amides is 1. The second kappa shape index (κ2) is 7.86. The number of nitrogens with zero attached hydrogens (tertiary/aromatic N) is 1. The second-order valence-electron chi connectivity index (χ2n) is 6.02. The van der Waals surface area contributed by atoms with Crippen LogP contribution in [-0.4, -0.2) is 27.4 Å². The zero-order valence-electron chi connectivity index (χ0n) is 14.2. The number of carbonyl (C=O) groups is 1. The number of rotatable bonds is 7. The van der Waals surface area contributed by atoms with Gasteiger partial charge in [0, 0.05) is 13.1 Å². The minimum atomic E-state index is -3.65. The predicted molar refractivity (Wildman–Crippen MR) is 99.6 cm³/mol. The number of nitrogens with one attached hydrogen (secondary N) is 1. The average Bonchev–Trinajstić information content (AvgIpc) is 2.72. The Hall–Kier alpha value is -2.42. The summed E-state index contributed by atoms with van der Waals surface area (Å²) in [5, 5.41) is 4.90. The molecular formula is C18H21N3O4S. The van der Waals surface area contributed by atoms with Gasteiger partial charge in [-0.25, -0.2) is 9.86 Å². The van der Waals surface area contributed by atoms with Crippen LogP contribution < -0.4 is 19.5 Å². The molecule has 0 saturated carbocycles. The van der Waals surface area contributed by atoms with Crippen LogP contribution in [-0.2, 0) is 10.2 Å². The largest absolute Gasteiger partial charge is 0.454 e. The van der Waals surface area contributed by atoms with Crippen molar-refractivity contribution in [1.29, 1.82) is 0 Å². The van der Waals surface area contributed by atoms with Crippen LogP contribution in [0.4, 0.5) is 5.69 Å². The number of anilines is 1. The molecule has 7 nitrogen and oxygen atoms in total. The molecule has 1 aliphatic heterocycles. The molecule has 0 spiro atoms. The lowest BCUT2D eigenvalue weighted by Crippen LogP contribution is -2.32. The lowest BCUT2D eigenvalue weighted by molar-refractivity contribution is 0.0986. The third-order valence-electron chi connectivity index (χ3n) is 4.10. The maximum absolute atomic E-state index is 13.0. The summed E-state index contributed by atoms with van der Waals surface area (Å²) in [7, 11) is -3.65. The van der Waals surface area contributed by atoms with Crippen LogP contribution in [0.2, 0.25) is 0 Å². The molecule has 1 heterocycles. The Balaban J connectivity index is 1.70. The molecule has 3 N–H and O–H groups in total. The smallest absolute Gasteiger partial charge is 0.274 e. The van der Waals surface area contributed by atoms with Gasteiger partial charge in [-0.3, -0.25) is 4.79 Å². The summed E-state index contributed by atoms with van der Waals surface area (Å²) in [6.07, 6.45) is 2.14. The Morgan fingerprint density at radius 2 is 1.65 bits per heavy atom. The molecule has 1 aliphatic rings. The first-order valence-corrected chi connectivity index (χ1v) is 9.95. The van der Waals surface area contributed by atoms with Crippen molar-refractivity contribution in [3.63, 3.8) is 0 Å². The summed E-state index contributed by atoms with van der Waals surface area (Å²) < 4.78 is 29.9. The molecule has 0 aromatic heterocycles. The van der Waals surface area contributed by atoms with E-state index in [9.17, 15) is 13.2 Å². The molecule has 8 heteroatoms. The van der Waals surface area contributed by atoms with Crippen LogP contribution in [0, 0.1) is 0 Å². The summed E-state index contributed by atoms with van der Waals surface area (Å²) in [4.78, 5) is 14.7. The summed E-state index contributed by atoms with van der Waals surface area (Å²) in [6, 6.07) is 14.6. The van der Waals surface area contributed by atoms with Crippen LogP contribution in [0.15, 0.2) is 48.5 Å². The number of nitrogens with two attached hydrogens (primary N) is 1. The number of benzene rings is 2. The van der Waals surface area contributed by atoms with Crippen LogP contribution >= 0.6 is 0 Å². The van der Waals surface area contributed by atoms with Crippen molar-refractivity contribution in [1.82, 2.24) is 4.72 Å². The Morgan fingerprint density at radius 3 is 2.42 bits per heavy atom. The van der Waals surface area contributed by atoms with E-state index >= 15 is 0 Å². The third-order valence-corrected chi connectivity index (χ3v) is 4.71. The summed E-state index contributed by atoms with van der Waals surface area (Å²) >= 11 is 0.